The van der Waals surface area contributed by atoms with E-state index < -0.39 is 5.56 Å². The minimum Gasteiger partial charge on any atom is -0.472 e. The fourth-order valence-electron chi connectivity index (χ4n) is 3.70. The summed E-state index contributed by atoms with van der Waals surface area (Å²) in [6.07, 6.45) is 8.82. The van der Waals surface area contributed by atoms with Gasteiger partial charge < -0.3 is 9.64 Å². The second kappa shape index (κ2) is 8.03. The van der Waals surface area contributed by atoms with E-state index in [0.29, 0.717) is 18.1 Å². The van der Waals surface area contributed by atoms with Gasteiger partial charge in [0, 0.05) is 25.2 Å². The zero-order valence-electron chi connectivity index (χ0n) is 15.3. The van der Waals surface area contributed by atoms with Gasteiger partial charge in [-0.15, -0.1) is 0 Å². The molecule has 3 heterocycles. The summed E-state index contributed by atoms with van der Waals surface area (Å²) in [4.78, 5) is 18.0. The molecule has 4 rings (SSSR count). The van der Waals surface area contributed by atoms with Gasteiger partial charge in [-0.05, 0) is 36.5 Å². The monoisotopic (exact) mass is 397 g/mol. The maximum absolute atomic E-state index is 11.7. The molecule has 2 atom stereocenters. The number of allylic oxidation sites excluding steroid dienone is 2. The maximum Gasteiger partial charge on any atom is 0.285 e. The third-order valence-electron chi connectivity index (χ3n) is 5.25. The van der Waals surface area contributed by atoms with Crippen molar-refractivity contribution in [1.29, 1.82) is 5.26 Å². The lowest BCUT2D eigenvalue weighted by Crippen LogP contribution is -2.26. The Bertz CT molecular complexity index is 997. The summed E-state index contributed by atoms with van der Waals surface area (Å²) < 4.78 is 6.09. The van der Waals surface area contributed by atoms with E-state index in [1.54, 1.807) is 12.4 Å². The van der Waals surface area contributed by atoms with Crippen LogP contribution in [0.1, 0.15) is 31.2 Å². The molecule has 28 heavy (non-hydrogen) atoms. The summed E-state index contributed by atoms with van der Waals surface area (Å²) in [5.41, 5.74) is 2.57. The quantitative estimate of drug-likeness (QED) is 0.851. The van der Waals surface area contributed by atoms with Gasteiger partial charge in [-0.25, -0.2) is 10.1 Å². The van der Waals surface area contributed by atoms with Crippen LogP contribution in [0.2, 0.25) is 5.02 Å². The van der Waals surface area contributed by atoms with Crippen LogP contribution >= 0.6 is 11.6 Å². The fraction of sp³-hybridized carbons (Fsp3) is 0.400. The fourth-order valence-corrected chi connectivity index (χ4v) is 3.91. The Morgan fingerprint density at radius 1 is 1.39 bits per heavy atom. The molecule has 144 valence electrons. The lowest BCUT2D eigenvalue weighted by atomic mass is 9.88. The molecule has 0 spiro atoms. The number of nitriles is 1. The Balaban J connectivity index is 1.43. The first-order chi connectivity index (χ1) is 13.6. The van der Waals surface area contributed by atoms with Crippen LogP contribution in [0, 0.1) is 17.2 Å². The van der Waals surface area contributed by atoms with Crippen LogP contribution in [0.25, 0.3) is 5.57 Å². The summed E-state index contributed by atoms with van der Waals surface area (Å²) in [5.74, 6) is 0.708. The molecule has 0 radical (unpaired) electrons. The molecule has 2 aromatic heterocycles. The van der Waals surface area contributed by atoms with Crippen molar-refractivity contribution in [2.75, 3.05) is 18.0 Å². The van der Waals surface area contributed by atoms with E-state index >= 15 is 0 Å². The number of pyridine rings is 1. The Morgan fingerprint density at radius 2 is 2.29 bits per heavy atom. The van der Waals surface area contributed by atoms with Crippen molar-refractivity contribution in [2.24, 2.45) is 5.92 Å². The van der Waals surface area contributed by atoms with Crippen LogP contribution in [-0.4, -0.2) is 34.4 Å². The van der Waals surface area contributed by atoms with Crippen LogP contribution in [0.3, 0.4) is 0 Å². The number of anilines is 1. The normalized spacial score (nSPS) is 21.9. The van der Waals surface area contributed by atoms with Crippen LogP contribution < -0.4 is 15.2 Å². The van der Waals surface area contributed by atoms with Crippen molar-refractivity contribution in [3.63, 3.8) is 0 Å². The molecule has 1 aliphatic carbocycles. The average molecular weight is 398 g/mol. The molecule has 0 amide bonds. The van der Waals surface area contributed by atoms with Crippen molar-refractivity contribution in [3.05, 3.63) is 51.5 Å². The molecule has 0 saturated carbocycles. The molecule has 0 bridgehead atoms. The first-order valence-corrected chi connectivity index (χ1v) is 9.71. The first kappa shape index (κ1) is 18.5. The number of halogens is 1. The molecule has 1 unspecified atom stereocenters. The average Bonchev–Trinajstić information content (AvgIpc) is 3.18. The summed E-state index contributed by atoms with van der Waals surface area (Å²) in [7, 11) is 0. The number of nitrogens with zero attached hydrogens (tertiary/aromatic N) is 4. The summed E-state index contributed by atoms with van der Waals surface area (Å²) in [6.45, 7) is 1.35. The van der Waals surface area contributed by atoms with Gasteiger partial charge in [0.2, 0.25) is 5.88 Å². The molecule has 1 aliphatic heterocycles. The van der Waals surface area contributed by atoms with Crippen LogP contribution in [-0.2, 0) is 0 Å². The predicted molar refractivity (Wildman–Crippen MR) is 106 cm³/mol. The van der Waals surface area contributed by atoms with Crippen molar-refractivity contribution >= 4 is 22.9 Å². The highest BCUT2D eigenvalue weighted by Gasteiger charge is 2.27. The van der Waals surface area contributed by atoms with Crippen molar-refractivity contribution in [2.45, 2.75) is 31.8 Å². The van der Waals surface area contributed by atoms with Gasteiger partial charge in [0.05, 0.1) is 30.4 Å². The Hall–Kier alpha value is -2.85. The Morgan fingerprint density at radius 3 is 3.07 bits per heavy atom. The van der Waals surface area contributed by atoms with E-state index in [0.717, 1.165) is 37.8 Å². The predicted octanol–water partition coefficient (Wildman–Crippen LogP) is 3.18. The highest BCUT2D eigenvalue weighted by Crippen LogP contribution is 2.31. The lowest BCUT2D eigenvalue weighted by Gasteiger charge is -2.19. The van der Waals surface area contributed by atoms with Gasteiger partial charge in [-0.3, -0.25) is 4.79 Å². The molecular formula is C20H20ClN5O2. The van der Waals surface area contributed by atoms with Crippen molar-refractivity contribution in [1.82, 2.24) is 15.2 Å². The second-order valence-corrected chi connectivity index (χ2v) is 7.46. The van der Waals surface area contributed by atoms with Gasteiger partial charge >= 0.3 is 0 Å². The molecule has 2 aromatic rings. The van der Waals surface area contributed by atoms with E-state index in [2.05, 4.69) is 27.3 Å². The molecular weight excluding hydrogens is 378 g/mol. The number of aromatic amines is 1. The molecule has 2 aliphatic rings. The Kier molecular flexibility index (Phi) is 5.31. The van der Waals surface area contributed by atoms with E-state index in [1.807, 2.05) is 17.0 Å². The Labute approximate surface area is 167 Å². The number of aromatic nitrogens is 3. The third kappa shape index (κ3) is 3.87. The smallest absolute Gasteiger partial charge is 0.285 e. The van der Waals surface area contributed by atoms with Gasteiger partial charge in [0.25, 0.3) is 5.56 Å². The van der Waals surface area contributed by atoms with E-state index in [-0.39, 0.29) is 17.0 Å². The zero-order chi connectivity index (χ0) is 19.5. The number of rotatable bonds is 4. The molecule has 1 fully saturated rings. The SMILES string of the molecule is N#CC1CC=C(c2ccnc(O[C@@H]3CCN(c4cn[nH]c(=O)c4Cl)C3)c2)CC1. The van der Waals surface area contributed by atoms with Crippen molar-refractivity contribution in [3.8, 4) is 11.9 Å². The number of ether oxygens (including phenoxy) is 1. The number of H-pyrrole nitrogens is 1. The molecule has 1 saturated heterocycles. The van der Waals surface area contributed by atoms with Crippen molar-refractivity contribution < 1.29 is 4.74 Å². The summed E-state index contributed by atoms with van der Waals surface area (Å²) in [6, 6.07) is 6.28. The van der Waals surface area contributed by atoms with Gasteiger partial charge in [-0.2, -0.15) is 10.4 Å². The third-order valence-corrected chi connectivity index (χ3v) is 5.61. The molecule has 8 heteroatoms. The molecule has 1 N–H and O–H groups in total. The van der Waals surface area contributed by atoms with Gasteiger partial charge in [0.15, 0.2) is 0 Å². The number of hydrogen-bond acceptors (Lipinski definition) is 6. The van der Waals surface area contributed by atoms with Gasteiger partial charge in [-0.1, -0.05) is 17.7 Å². The van der Waals surface area contributed by atoms with E-state index in [1.165, 1.54) is 5.57 Å². The summed E-state index contributed by atoms with van der Waals surface area (Å²) in [5, 5.41) is 15.4. The van der Waals surface area contributed by atoms with E-state index in [9.17, 15) is 4.79 Å². The molecule has 7 nitrogen and oxygen atoms in total. The minimum absolute atomic E-state index is 0.0404. The van der Waals surface area contributed by atoms with Crippen LogP contribution in [0.4, 0.5) is 5.69 Å². The molecule has 0 aromatic carbocycles. The summed E-state index contributed by atoms with van der Waals surface area (Å²) >= 11 is 6.10. The highest BCUT2D eigenvalue weighted by atomic mass is 35.5. The van der Waals surface area contributed by atoms with E-state index in [4.69, 9.17) is 21.6 Å². The standard InChI is InChI=1S/C20H20ClN5O2/c21-19-17(11-24-25-20(19)27)26-8-6-16(12-26)28-18-9-15(5-7-23-18)14-3-1-13(10-22)2-4-14/h3,5,7,9,11,13,16H,1-2,4,6,8,12H2,(H,25,27)/t13?,16-/m1/s1. The minimum atomic E-state index is -0.391. The van der Waals surface area contributed by atoms with Crippen LogP contribution in [0.5, 0.6) is 5.88 Å². The van der Waals surface area contributed by atoms with Crippen LogP contribution in [0.15, 0.2) is 35.4 Å². The second-order valence-electron chi connectivity index (χ2n) is 7.09. The number of hydrogen-bond donors (Lipinski definition) is 1. The topological polar surface area (TPSA) is 94.9 Å². The highest BCUT2D eigenvalue weighted by molar-refractivity contribution is 6.33. The maximum atomic E-state index is 11.7. The number of nitrogens with one attached hydrogen (secondary N) is 1. The zero-order valence-corrected chi connectivity index (χ0v) is 16.0. The largest absolute Gasteiger partial charge is 0.472 e. The first-order valence-electron chi connectivity index (χ1n) is 9.34. The van der Waals surface area contributed by atoms with Gasteiger partial charge in [0.1, 0.15) is 11.1 Å². The lowest BCUT2D eigenvalue weighted by molar-refractivity contribution is 0.216.